The van der Waals surface area contributed by atoms with Crippen molar-refractivity contribution < 1.29 is 28.7 Å². The lowest BCUT2D eigenvalue weighted by molar-refractivity contribution is -0.151. The van der Waals surface area contributed by atoms with Gasteiger partial charge in [-0.3, -0.25) is 14.4 Å². The van der Waals surface area contributed by atoms with Gasteiger partial charge in [0.05, 0.1) is 7.11 Å². The number of rotatable bonds is 15. The van der Waals surface area contributed by atoms with Gasteiger partial charge in [-0.2, -0.15) is 0 Å². The van der Waals surface area contributed by atoms with E-state index in [2.05, 4.69) is 10.6 Å². The maximum Gasteiger partial charge on any atom is 0.373 e. The van der Waals surface area contributed by atoms with Crippen LogP contribution in [0.25, 0.3) is 0 Å². The fourth-order valence-electron chi connectivity index (χ4n) is 4.19. The third-order valence-electron chi connectivity index (χ3n) is 6.50. The Morgan fingerprint density at radius 3 is 2.43 bits per heavy atom. The van der Waals surface area contributed by atoms with Crippen LogP contribution in [-0.2, 0) is 28.7 Å². The normalized spacial score (nSPS) is 18.9. The van der Waals surface area contributed by atoms with E-state index in [0.717, 1.165) is 5.57 Å². The molecule has 232 valence electrons. The van der Waals surface area contributed by atoms with Crippen molar-refractivity contribution in [3.8, 4) is 0 Å². The molecule has 9 nitrogen and oxygen atoms in total. The van der Waals surface area contributed by atoms with Crippen LogP contribution < -0.4 is 16.4 Å². The number of hydrogen-bond donors (Lipinski definition) is 3. The number of primary amides is 1. The SMILES string of the molecule is COC1=CCC(C(C)/C=C(C)/C=C\C=C/C(=O)NC(C(=O)N/C=C\CC(C/C=C(\C)Cl)CC(N)=O)C(C)(C)C)OC1=O. The summed E-state index contributed by atoms with van der Waals surface area (Å²) in [6, 6.07) is -0.792. The van der Waals surface area contributed by atoms with Crippen LogP contribution in [0.3, 0.4) is 0 Å². The van der Waals surface area contributed by atoms with E-state index in [0.29, 0.717) is 24.3 Å². The van der Waals surface area contributed by atoms with Gasteiger partial charge in [-0.15, -0.1) is 0 Å². The van der Waals surface area contributed by atoms with E-state index in [1.54, 1.807) is 31.2 Å². The van der Waals surface area contributed by atoms with Crippen molar-refractivity contribution in [2.45, 2.75) is 79.4 Å². The maximum absolute atomic E-state index is 12.9. The standard InChI is InChI=1S/C32H46ClN3O6/c1-21(19-22(2)25-16-17-26(41-7)31(40)42-25)11-8-9-13-28(38)36-29(32(4,5)6)30(39)35-18-10-12-24(20-27(34)37)15-14-23(3)33/h8-11,13-14,17-19,22,24-25,29H,12,15-16,20H2,1-7H3,(H2,34,37)(H,35,39)(H,36,38)/b11-8-,13-9-,18-10-,21-19+,23-14+. The number of halogens is 1. The van der Waals surface area contributed by atoms with Gasteiger partial charge < -0.3 is 25.8 Å². The molecule has 0 aromatic rings. The first-order valence-corrected chi connectivity index (χ1v) is 14.4. The molecule has 1 aliphatic heterocycles. The van der Waals surface area contributed by atoms with Crippen LogP contribution in [0.4, 0.5) is 0 Å². The zero-order chi connectivity index (χ0) is 31.9. The summed E-state index contributed by atoms with van der Waals surface area (Å²) in [7, 11) is 1.44. The Hall–Kier alpha value is -3.59. The van der Waals surface area contributed by atoms with Gasteiger partial charge in [0.25, 0.3) is 0 Å². The minimum Gasteiger partial charge on any atom is -0.490 e. The van der Waals surface area contributed by atoms with Gasteiger partial charge in [-0.05, 0) is 50.3 Å². The summed E-state index contributed by atoms with van der Waals surface area (Å²) in [5, 5.41) is 6.14. The highest BCUT2D eigenvalue weighted by molar-refractivity contribution is 6.29. The molecular weight excluding hydrogens is 558 g/mol. The lowest BCUT2D eigenvalue weighted by Gasteiger charge is -2.29. The van der Waals surface area contributed by atoms with Crippen LogP contribution in [0.2, 0.25) is 0 Å². The van der Waals surface area contributed by atoms with E-state index in [4.69, 9.17) is 26.8 Å². The Kier molecular flexibility index (Phi) is 15.7. The van der Waals surface area contributed by atoms with E-state index in [-0.39, 0.29) is 36.0 Å². The number of carbonyl (C=O) groups is 4. The van der Waals surface area contributed by atoms with Crippen LogP contribution in [0, 0.1) is 17.3 Å². The average molecular weight is 604 g/mol. The van der Waals surface area contributed by atoms with Crippen LogP contribution in [-0.4, -0.2) is 42.9 Å². The molecule has 3 amide bonds. The smallest absolute Gasteiger partial charge is 0.373 e. The fourth-order valence-corrected chi connectivity index (χ4v) is 4.28. The molecule has 0 saturated carbocycles. The molecule has 4 unspecified atom stereocenters. The number of cyclic esters (lactones) is 1. The van der Waals surface area contributed by atoms with Crippen LogP contribution in [0.15, 0.2) is 71.2 Å². The van der Waals surface area contributed by atoms with E-state index in [1.807, 2.05) is 52.8 Å². The first-order valence-electron chi connectivity index (χ1n) is 14.0. The van der Waals surface area contributed by atoms with Gasteiger partial charge in [0.2, 0.25) is 17.7 Å². The molecule has 4 atom stereocenters. The minimum atomic E-state index is -0.792. The number of nitrogens with one attached hydrogen (secondary N) is 2. The summed E-state index contributed by atoms with van der Waals surface area (Å²) in [5.74, 6) is -1.45. The minimum absolute atomic E-state index is 0.0126. The molecule has 42 heavy (non-hydrogen) atoms. The number of nitrogens with two attached hydrogens (primary N) is 1. The second-order valence-electron chi connectivity index (χ2n) is 11.5. The van der Waals surface area contributed by atoms with Crippen molar-refractivity contribution >= 4 is 35.3 Å². The Bertz CT molecular complexity index is 1140. The fraction of sp³-hybridized carbons (Fsp3) is 0.500. The van der Waals surface area contributed by atoms with Crippen LogP contribution in [0.5, 0.6) is 0 Å². The number of carbonyl (C=O) groups excluding carboxylic acids is 4. The average Bonchev–Trinajstić information content (AvgIpc) is 2.89. The molecule has 0 saturated heterocycles. The number of methoxy groups -OCH3 is 1. The number of amides is 3. The summed E-state index contributed by atoms with van der Waals surface area (Å²) in [6.07, 6.45) is 17.0. The van der Waals surface area contributed by atoms with Crippen molar-refractivity contribution in [3.05, 3.63) is 71.2 Å². The number of esters is 1. The second-order valence-corrected chi connectivity index (χ2v) is 12.1. The van der Waals surface area contributed by atoms with Gasteiger partial charge >= 0.3 is 5.97 Å². The van der Waals surface area contributed by atoms with E-state index < -0.39 is 29.2 Å². The predicted octanol–water partition coefficient (Wildman–Crippen LogP) is 5.10. The first-order chi connectivity index (χ1) is 19.6. The molecule has 1 rings (SSSR count). The molecule has 4 N–H and O–H groups in total. The second kappa shape index (κ2) is 18.1. The quantitative estimate of drug-likeness (QED) is 0.135. The van der Waals surface area contributed by atoms with E-state index in [1.165, 1.54) is 19.4 Å². The Morgan fingerprint density at radius 2 is 1.86 bits per heavy atom. The monoisotopic (exact) mass is 603 g/mol. The van der Waals surface area contributed by atoms with Gasteiger partial charge in [-0.25, -0.2) is 4.79 Å². The topological polar surface area (TPSA) is 137 Å². The third kappa shape index (κ3) is 14.3. The van der Waals surface area contributed by atoms with Crippen LogP contribution in [0.1, 0.15) is 67.2 Å². The highest BCUT2D eigenvalue weighted by atomic mass is 35.5. The van der Waals surface area contributed by atoms with Crippen molar-refractivity contribution in [3.63, 3.8) is 0 Å². The van der Waals surface area contributed by atoms with Gasteiger partial charge in [0, 0.05) is 29.9 Å². The summed E-state index contributed by atoms with van der Waals surface area (Å²) in [4.78, 5) is 48.8. The number of allylic oxidation sites excluding steroid dienone is 7. The number of ether oxygens (including phenoxy) is 2. The highest BCUT2D eigenvalue weighted by Gasteiger charge is 2.32. The summed E-state index contributed by atoms with van der Waals surface area (Å²) in [5.41, 5.74) is 5.74. The molecule has 0 radical (unpaired) electrons. The maximum atomic E-state index is 12.9. The lowest BCUT2D eigenvalue weighted by Crippen LogP contribution is -2.52. The molecule has 0 spiro atoms. The van der Waals surface area contributed by atoms with E-state index >= 15 is 0 Å². The predicted molar refractivity (Wildman–Crippen MR) is 166 cm³/mol. The summed E-state index contributed by atoms with van der Waals surface area (Å²) < 4.78 is 10.4. The van der Waals surface area contributed by atoms with Crippen LogP contribution >= 0.6 is 11.6 Å². The molecule has 10 heteroatoms. The third-order valence-corrected chi connectivity index (χ3v) is 6.65. The Balaban J connectivity index is 2.70. The highest BCUT2D eigenvalue weighted by Crippen LogP contribution is 2.23. The van der Waals surface area contributed by atoms with Crippen molar-refractivity contribution in [1.29, 1.82) is 0 Å². The molecule has 0 aromatic carbocycles. The zero-order valence-electron chi connectivity index (χ0n) is 25.7. The van der Waals surface area contributed by atoms with Crippen molar-refractivity contribution in [2.75, 3.05) is 7.11 Å². The van der Waals surface area contributed by atoms with E-state index in [9.17, 15) is 19.2 Å². The summed E-state index contributed by atoms with van der Waals surface area (Å²) >= 11 is 5.90. The van der Waals surface area contributed by atoms with Crippen molar-refractivity contribution in [2.24, 2.45) is 23.0 Å². The van der Waals surface area contributed by atoms with Crippen molar-refractivity contribution in [1.82, 2.24) is 10.6 Å². The first kappa shape index (κ1) is 36.4. The largest absolute Gasteiger partial charge is 0.490 e. The molecule has 0 bridgehead atoms. The molecule has 0 fully saturated rings. The lowest BCUT2D eigenvalue weighted by atomic mass is 9.86. The molecular formula is C32H46ClN3O6. The van der Waals surface area contributed by atoms with Gasteiger partial charge in [0.15, 0.2) is 5.76 Å². The van der Waals surface area contributed by atoms with Gasteiger partial charge in [-0.1, -0.05) is 81.3 Å². The molecule has 1 heterocycles. The summed E-state index contributed by atoms with van der Waals surface area (Å²) in [6.45, 7) is 11.2. The zero-order valence-corrected chi connectivity index (χ0v) is 26.5. The molecule has 1 aliphatic rings. The molecule has 0 aromatic heterocycles. The van der Waals surface area contributed by atoms with Gasteiger partial charge in [0.1, 0.15) is 12.1 Å². The Morgan fingerprint density at radius 1 is 1.19 bits per heavy atom. The Labute approximate surface area is 255 Å². The molecule has 0 aliphatic carbocycles. The number of hydrogen-bond acceptors (Lipinski definition) is 6.